The second-order valence-electron chi connectivity index (χ2n) is 5.65. The third-order valence-electron chi connectivity index (χ3n) is 4.25. The molecule has 2 N–H and O–H groups in total. The monoisotopic (exact) mass is 348 g/mol. The van der Waals surface area contributed by atoms with Gasteiger partial charge in [-0.1, -0.05) is 42.5 Å². The van der Waals surface area contributed by atoms with E-state index in [1.807, 2.05) is 48.7 Å². The lowest BCUT2D eigenvalue weighted by Crippen LogP contribution is -2.32. The maximum Gasteiger partial charge on any atom is 0.244 e. The Hall–Kier alpha value is -1.34. The Morgan fingerprint density at radius 3 is 2.39 bits per heavy atom. The molecule has 122 valence electrons. The van der Waals surface area contributed by atoms with Crippen LogP contribution in [0.2, 0.25) is 0 Å². The maximum atomic E-state index is 13.0. The molecule has 0 spiro atoms. The number of hydrogen-bond acceptors (Lipinski definition) is 4. The van der Waals surface area contributed by atoms with E-state index in [1.54, 1.807) is 12.1 Å². The molecule has 1 fully saturated rings. The third-order valence-corrected chi connectivity index (χ3v) is 7.06. The van der Waals surface area contributed by atoms with Crippen molar-refractivity contribution in [2.45, 2.75) is 21.8 Å². The van der Waals surface area contributed by atoms with E-state index in [4.69, 9.17) is 5.73 Å². The van der Waals surface area contributed by atoms with Crippen LogP contribution in [0, 0.1) is 0 Å². The van der Waals surface area contributed by atoms with Crippen molar-refractivity contribution in [3.05, 3.63) is 60.2 Å². The number of sulfonamides is 1. The van der Waals surface area contributed by atoms with E-state index in [0.717, 1.165) is 10.5 Å². The zero-order valence-corrected chi connectivity index (χ0v) is 14.6. The summed E-state index contributed by atoms with van der Waals surface area (Å²) in [4.78, 5) is 1.14. The van der Waals surface area contributed by atoms with Crippen molar-refractivity contribution in [2.24, 2.45) is 5.73 Å². The largest absolute Gasteiger partial charge is 0.326 e. The second kappa shape index (κ2) is 6.65. The Kier molecular flexibility index (Phi) is 4.77. The van der Waals surface area contributed by atoms with Gasteiger partial charge in [-0.2, -0.15) is 4.31 Å². The van der Waals surface area contributed by atoms with E-state index in [2.05, 4.69) is 0 Å². The minimum absolute atomic E-state index is 0.0346. The van der Waals surface area contributed by atoms with Crippen LogP contribution < -0.4 is 5.73 Å². The SMILES string of the molecule is CSc1ccccc1S(=O)(=O)N1C[C@@H](N)[C@H](c2ccccc2)C1. The molecule has 2 aromatic carbocycles. The van der Waals surface area contributed by atoms with Gasteiger partial charge in [-0.05, 0) is 24.0 Å². The third kappa shape index (κ3) is 3.17. The first kappa shape index (κ1) is 16.5. The Bertz CT molecular complexity index is 778. The van der Waals surface area contributed by atoms with Gasteiger partial charge in [0.25, 0.3) is 0 Å². The van der Waals surface area contributed by atoms with Crippen LogP contribution in [0.15, 0.2) is 64.4 Å². The van der Waals surface area contributed by atoms with Gasteiger partial charge in [-0.3, -0.25) is 0 Å². The fourth-order valence-electron chi connectivity index (χ4n) is 3.01. The molecule has 0 bridgehead atoms. The summed E-state index contributed by atoms with van der Waals surface area (Å²) in [5.41, 5.74) is 7.33. The first-order valence-electron chi connectivity index (χ1n) is 7.47. The lowest BCUT2D eigenvalue weighted by Gasteiger charge is -2.18. The average Bonchev–Trinajstić information content (AvgIpc) is 2.98. The Balaban J connectivity index is 1.91. The normalized spacial score (nSPS) is 22.3. The molecule has 1 aliphatic heterocycles. The molecule has 0 saturated carbocycles. The van der Waals surface area contributed by atoms with E-state index < -0.39 is 10.0 Å². The fourth-order valence-corrected chi connectivity index (χ4v) is 5.64. The van der Waals surface area contributed by atoms with Crippen molar-refractivity contribution < 1.29 is 8.42 Å². The predicted molar refractivity (Wildman–Crippen MR) is 94.1 cm³/mol. The van der Waals surface area contributed by atoms with Gasteiger partial charge in [0.05, 0.1) is 4.90 Å². The molecular formula is C17H20N2O2S2. The first-order valence-corrected chi connectivity index (χ1v) is 10.1. The predicted octanol–water partition coefficient (Wildman–Crippen LogP) is 2.52. The summed E-state index contributed by atoms with van der Waals surface area (Å²) in [5.74, 6) is 0.0346. The van der Waals surface area contributed by atoms with Crippen molar-refractivity contribution in [3.63, 3.8) is 0 Å². The molecule has 1 heterocycles. The van der Waals surface area contributed by atoms with Crippen LogP contribution in [0.4, 0.5) is 0 Å². The van der Waals surface area contributed by atoms with Gasteiger partial charge in [0.15, 0.2) is 0 Å². The lowest BCUT2D eigenvalue weighted by molar-refractivity contribution is 0.468. The van der Waals surface area contributed by atoms with Gasteiger partial charge in [0, 0.05) is 29.9 Å². The maximum absolute atomic E-state index is 13.0. The Morgan fingerprint density at radius 1 is 1.04 bits per heavy atom. The zero-order chi connectivity index (χ0) is 16.4. The van der Waals surface area contributed by atoms with E-state index >= 15 is 0 Å². The number of nitrogens with two attached hydrogens (primary N) is 1. The molecule has 0 radical (unpaired) electrons. The summed E-state index contributed by atoms with van der Waals surface area (Å²) in [6.45, 7) is 0.779. The molecule has 0 aromatic heterocycles. The number of nitrogens with zero attached hydrogens (tertiary/aromatic N) is 1. The highest BCUT2D eigenvalue weighted by atomic mass is 32.2. The zero-order valence-electron chi connectivity index (χ0n) is 12.9. The van der Waals surface area contributed by atoms with Gasteiger partial charge in [-0.25, -0.2) is 8.42 Å². The Labute approximate surface area is 141 Å². The van der Waals surface area contributed by atoms with Crippen LogP contribution in [0.1, 0.15) is 11.5 Å². The van der Waals surface area contributed by atoms with Crippen LogP contribution in [-0.2, 0) is 10.0 Å². The quantitative estimate of drug-likeness (QED) is 0.863. The highest BCUT2D eigenvalue weighted by molar-refractivity contribution is 7.99. The smallest absolute Gasteiger partial charge is 0.244 e. The lowest BCUT2D eigenvalue weighted by atomic mass is 9.95. The second-order valence-corrected chi connectivity index (χ2v) is 8.41. The number of thioether (sulfide) groups is 1. The molecule has 1 aliphatic rings. The van der Waals surface area contributed by atoms with Crippen LogP contribution >= 0.6 is 11.8 Å². The topological polar surface area (TPSA) is 63.4 Å². The van der Waals surface area contributed by atoms with Crippen molar-refractivity contribution in [3.8, 4) is 0 Å². The minimum Gasteiger partial charge on any atom is -0.326 e. The highest BCUT2D eigenvalue weighted by Crippen LogP contribution is 2.33. The van der Waals surface area contributed by atoms with Gasteiger partial charge < -0.3 is 5.73 Å². The van der Waals surface area contributed by atoms with E-state index in [0.29, 0.717) is 18.0 Å². The van der Waals surface area contributed by atoms with Crippen LogP contribution in [-0.4, -0.2) is 38.1 Å². The number of benzene rings is 2. The summed E-state index contributed by atoms with van der Waals surface area (Å²) in [6.07, 6.45) is 1.89. The van der Waals surface area contributed by atoms with Gasteiger partial charge in [0.1, 0.15) is 0 Å². The molecular weight excluding hydrogens is 328 g/mol. The molecule has 0 unspecified atom stereocenters. The van der Waals surface area contributed by atoms with E-state index in [-0.39, 0.29) is 12.0 Å². The Morgan fingerprint density at radius 2 is 1.70 bits per heavy atom. The van der Waals surface area contributed by atoms with Crippen LogP contribution in [0.3, 0.4) is 0 Å². The fraction of sp³-hybridized carbons (Fsp3) is 0.294. The van der Waals surface area contributed by atoms with Gasteiger partial charge >= 0.3 is 0 Å². The number of hydrogen-bond donors (Lipinski definition) is 1. The highest BCUT2D eigenvalue weighted by Gasteiger charge is 2.38. The summed E-state index contributed by atoms with van der Waals surface area (Å²) >= 11 is 1.44. The minimum atomic E-state index is -3.52. The molecule has 0 aliphatic carbocycles. The molecule has 4 nitrogen and oxygen atoms in total. The molecule has 23 heavy (non-hydrogen) atoms. The van der Waals surface area contributed by atoms with Crippen LogP contribution in [0.5, 0.6) is 0 Å². The molecule has 3 rings (SSSR count). The molecule has 0 amide bonds. The molecule has 6 heteroatoms. The van der Waals surface area contributed by atoms with Crippen molar-refractivity contribution in [1.29, 1.82) is 0 Å². The van der Waals surface area contributed by atoms with E-state index in [9.17, 15) is 8.42 Å². The summed E-state index contributed by atoms with van der Waals surface area (Å²) in [7, 11) is -3.52. The summed E-state index contributed by atoms with van der Waals surface area (Å²) in [6, 6.07) is 16.8. The van der Waals surface area contributed by atoms with Crippen molar-refractivity contribution in [2.75, 3.05) is 19.3 Å². The number of rotatable bonds is 4. The van der Waals surface area contributed by atoms with Gasteiger partial charge in [0.2, 0.25) is 10.0 Å². The van der Waals surface area contributed by atoms with Gasteiger partial charge in [-0.15, -0.1) is 11.8 Å². The standard InChI is InChI=1S/C17H20N2O2S2/c1-22-16-9-5-6-10-17(16)23(20,21)19-11-14(15(18)12-19)13-7-3-2-4-8-13/h2-10,14-15H,11-12,18H2,1H3/t14-,15+/m0/s1. The van der Waals surface area contributed by atoms with Crippen LogP contribution in [0.25, 0.3) is 0 Å². The molecule has 1 saturated heterocycles. The molecule has 2 atom stereocenters. The molecule has 2 aromatic rings. The summed E-state index contributed by atoms with van der Waals surface area (Å²) in [5, 5.41) is 0. The van der Waals surface area contributed by atoms with Crippen molar-refractivity contribution in [1.82, 2.24) is 4.31 Å². The van der Waals surface area contributed by atoms with Crippen molar-refractivity contribution >= 4 is 21.8 Å². The first-order chi connectivity index (χ1) is 11.0. The van der Waals surface area contributed by atoms with E-state index in [1.165, 1.54) is 16.1 Å². The summed E-state index contributed by atoms with van der Waals surface area (Å²) < 4.78 is 27.5. The average molecular weight is 348 g/mol.